The fourth-order valence-electron chi connectivity index (χ4n) is 4.68. The average Bonchev–Trinajstić information content (AvgIpc) is 3.17. The number of carbonyl (C=O) groups is 2. The molecule has 1 unspecified atom stereocenters. The van der Waals surface area contributed by atoms with Crippen LogP contribution in [0, 0.1) is 0 Å². The minimum Gasteiger partial charge on any atom is -0.457 e. The lowest BCUT2D eigenvalue weighted by molar-refractivity contribution is -0.189. The lowest BCUT2D eigenvalue weighted by Crippen LogP contribution is -2.48. The van der Waals surface area contributed by atoms with Crippen molar-refractivity contribution < 1.29 is 19.1 Å². The molecule has 0 amide bonds. The summed E-state index contributed by atoms with van der Waals surface area (Å²) in [6.45, 7) is 4.60. The van der Waals surface area contributed by atoms with E-state index in [1.807, 2.05) is 37.3 Å². The van der Waals surface area contributed by atoms with Gasteiger partial charge in [-0.15, -0.1) is 12.4 Å². The summed E-state index contributed by atoms with van der Waals surface area (Å²) in [6, 6.07) is 11.6. The van der Waals surface area contributed by atoms with Gasteiger partial charge in [-0.2, -0.15) is 0 Å². The van der Waals surface area contributed by atoms with Crippen LogP contribution in [0.15, 0.2) is 41.2 Å². The molecule has 178 valence electrons. The van der Waals surface area contributed by atoms with E-state index in [0.29, 0.717) is 35.6 Å². The molecule has 0 saturated heterocycles. The zero-order valence-electron chi connectivity index (χ0n) is 19.1. The summed E-state index contributed by atoms with van der Waals surface area (Å²) >= 11 is 0. The van der Waals surface area contributed by atoms with E-state index in [9.17, 15) is 14.4 Å². The van der Waals surface area contributed by atoms with Crippen LogP contribution in [0.1, 0.15) is 43.4 Å². The Morgan fingerprint density at radius 3 is 2.79 bits per heavy atom. The van der Waals surface area contributed by atoms with Gasteiger partial charge < -0.3 is 19.4 Å². The largest absolute Gasteiger partial charge is 0.457 e. The molecule has 0 aliphatic carbocycles. The number of rotatable bonds is 6. The first-order valence-electron chi connectivity index (χ1n) is 11.2. The molecule has 4 heterocycles. The maximum absolute atomic E-state index is 13.5. The van der Waals surface area contributed by atoms with Crippen molar-refractivity contribution in [2.24, 2.45) is 0 Å². The number of fused-ring (bicyclic) bond motifs is 5. The number of ether oxygens (including phenoxy) is 2. The van der Waals surface area contributed by atoms with Crippen LogP contribution in [0.2, 0.25) is 0 Å². The van der Waals surface area contributed by atoms with Crippen LogP contribution in [0.4, 0.5) is 0 Å². The Morgan fingerprint density at radius 1 is 1.24 bits per heavy atom. The summed E-state index contributed by atoms with van der Waals surface area (Å²) in [4.78, 5) is 43.8. The fraction of sp³-hybridized carbons (Fsp3) is 0.360. The smallest absolute Gasteiger partial charge is 0.355 e. The van der Waals surface area contributed by atoms with Crippen LogP contribution in [-0.4, -0.2) is 34.6 Å². The van der Waals surface area contributed by atoms with Crippen molar-refractivity contribution in [1.29, 1.82) is 0 Å². The van der Waals surface area contributed by atoms with Gasteiger partial charge in [-0.1, -0.05) is 32.0 Å². The molecule has 1 N–H and O–H groups in total. The first-order valence-corrected chi connectivity index (χ1v) is 11.2. The molecule has 8 nitrogen and oxygen atoms in total. The lowest BCUT2D eigenvalue weighted by Gasteiger charge is -2.35. The monoisotopic (exact) mass is 483 g/mol. The third-order valence-corrected chi connectivity index (χ3v) is 6.37. The Labute approximate surface area is 202 Å². The molecule has 0 bridgehead atoms. The average molecular weight is 484 g/mol. The minimum atomic E-state index is -1.66. The van der Waals surface area contributed by atoms with Gasteiger partial charge in [-0.05, 0) is 37.6 Å². The normalized spacial score (nSPS) is 17.9. The zero-order valence-corrected chi connectivity index (χ0v) is 19.9. The summed E-state index contributed by atoms with van der Waals surface area (Å²) in [6.07, 6.45) is 1.01. The molecule has 2 aliphatic heterocycles. The molecule has 0 saturated carbocycles. The number of para-hydroxylation sites is 1. The van der Waals surface area contributed by atoms with Gasteiger partial charge in [0.15, 0.2) is 0 Å². The Morgan fingerprint density at radius 2 is 2.03 bits per heavy atom. The number of nitrogens with one attached hydrogen (secondary N) is 1. The fourth-order valence-corrected chi connectivity index (χ4v) is 4.68. The van der Waals surface area contributed by atoms with Crippen molar-refractivity contribution in [1.82, 2.24) is 14.9 Å². The Kier molecular flexibility index (Phi) is 6.47. The third kappa shape index (κ3) is 3.67. The SMILES string of the molecule is CCCNCC(=O)OC1(CC)C(=O)OCc2c1cc1n(c2=O)Cc2cc3ccccc3nc2-1.Cl. The predicted octanol–water partition coefficient (Wildman–Crippen LogP) is 3.05. The van der Waals surface area contributed by atoms with E-state index in [1.54, 1.807) is 17.6 Å². The van der Waals surface area contributed by atoms with Gasteiger partial charge in [-0.25, -0.2) is 9.78 Å². The molecule has 0 spiro atoms. The Bertz CT molecular complexity index is 1350. The summed E-state index contributed by atoms with van der Waals surface area (Å²) in [5.74, 6) is -1.23. The number of nitrogens with zero attached hydrogens (tertiary/aromatic N) is 2. The van der Waals surface area contributed by atoms with Crippen molar-refractivity contribution in [2.45, 2.75) is 45.4 Å². The summed E-state index contributed by atoms with van der Waals surface area (Å²) in [5.41, 5.74) is 1.90. The second-order valence-corrected chi connectivity index (χ2v) is 8.41. The maximum atomic E-state index is 13.5. The van der Waals surface area contributed by atoms with Crippen LogP contribution in [0.5, 0.6) is 0 Å². The van der Waals surface area contributed by atoms with E-state index in [0.717, 1.165) is 22.9 Å². The van der Waals surface area contributed by atoms with Gasteiger partial charge in [-0.3, -0.25) is 9.59 Å². The minimum absolute atomic E-state index is 0. The summed E-state index contributed by atoms with van der Waals surface area (Å²) in [7, 11) is 0. The highest BCUT2D eigenvalue weighted by atomic mass is 35.5. The van der Waals surface area contributed by atoms with Gasteiger partial charge in [0.25, 0.3) is 5.56 Å². The van der Waals surface area contributed by atoms with Gasteiger partial charge in [0.1, 0.15) is 6.61 Å². The molecule has 1 aromatic carbocycles. The van der Waals surface area contributed by atoms with Crippen molar-refractivity contribution >= 4 is 35.2 Å². The predicted molar refractivity (Wildman–Crippen MR) is 129 cm³/mol. The van der Waals surface area contributed by atoms with E-state index < -0.39 is 17.5 Å². The topological polar surface area (TPSA) is 99.5 Å². The second kappa shape index (κ2) is 9.19. The van der Waals surface area contributed by atoms with Crippen LogP contribution in [-0.2, 0) is 37.8 Å². The maximum Gasteiger partial charge on any atom is 0.355 e. The number of halogens is 1. The molecule has 9 heteroatoms. The Balaban J connectivity index is 0.00000274. The van der Waals surface area contributed by atoms with Gasteiger partial charge in [0, 0.05) is 16.5 Å². The molecule has 3 aromatic rings. The number of cyclic esters (lactones) is 1. The molecule has 0 fully saturated rings. The number of pyridine rings is 2. The quantitative estimate of drug-likeness (QED) is 0.332. The highest BCUT2D eigenvalue weighted by Crippen LogP contribution is 2.40. The number of carbonyl (C=O) groups excluding carboxylic acids is 2. The van der Waals surface area contributed by atoms with Gasteiger partial charge in [0.2, 0.25) is 5.60 Å². The number of benzene rings is 1. The third-order valence-electron chi connectivity index (χ3n) is 6.37. The molecule has 2 aromatic heterocycles. The van der Waals surface area contributed by atoms with Crippen LogP contribution in [0.25, 0.3) is 22.3 Å². The summed E-state index contributed by atoms with van der Waals surface area (Å²) in [5, 5.41) is 3.98. The van der Waals surface area contributed by atoms with E-state index in [1.165, 1.54) is 0 Å². The molecule has 5 rings (SSSR count). The summed E-state index contributed by atoms with van der Waals surface area (Å²) < 4.78 is 12.7. The number of hydrogen-bond acceptors (Lipinski definition) is 7. The second-order valence-electron chi connectivity index (χ2n) is 8.41. The highest BCUT2D eigenvalue weighted by molar-refractivity contribution is 5.88. The highest BCUT2D eigenvalue weighted by Gasteiger charge is 2.50. The van der Waals surface area contributed by atoms with E-state index in [4.69, 9.17) is 14.5 Å². The van der Waals surface area contributed by atoms with Crippen LogP contribution >= 0.6 is 12.4 Å². The molecular weight excluding hydrogens is 458 g/mol. The van der Waals surface area contributed by atoms with Gasteiger partial charge >= 0.3 is 11.9 Å². The molecular formula is C25H26ClN3O5. The van der Waals surface area contributed by atoms with E-state index in [2.05, 4.69) is 5.32 Å². The lowest BCUT2D eigenvalue weighted by atomic mass is 9.85. The standard InChI is InChI=1S/C25H25N3O5.ClH/c1-3-9-26-12-21(29)33-25(4-2)18-11-20-22-16(10-15-7-5-6-8-19(15)27-22)13-28(20)23(30)17(18)14-32-24(25)31;/h5-8,10-11,26H,3-4,9,12-14H2,1-2H3;1H. The van der Waals surface area contributed by atoms with Gasteiger partial charge in [0.05, 0.1) is 35.6 Å². The van der Waals surface area contributed by atoms with Crippen molar-refractivity contribution in [3.8, 4) is 11.4 Å². The van der Waals surface area contributed by atoms with E-state index >= 15 is 0 Å². The molecule has 1 atom stereocenters. The first kappa shape index (κ1) is 23.9. The molecule has 0 radical (unpaired) electrons. The molecule has 2 aliphatic rings. The first-order chi connectivity index (χ1) is 16.0. The van der Waals surface area contributed by atoms with Crippen molar-refractivity contribution in [3.05, 3.63) is 63.4 Å². The Hall–Kier alpha value is -3.23. The number of hydrogen-bond donors (Lipinski definition) is 1. The van der Waals surface area contributed by atoms with Crippen molar-refractivity contribution in [2.75, 3.05) is 13.1 Å². The van der Waals surface area contributed by atoms with E-state index in [-0.39, 0.29) is 37.5 Å². The van der Waals surface area contributed by atoms with Crippen LogP contribution < -0.4 is 10.9 Å². The zero-order chi connectivity index (χ0) is 23.2. The number of aromatic nitrogens is 2. The number of esters is 2. The van der Waals surface area contributed by atoms with Crippen molar-refractivity contribution in [3.63, 3.8) is 0 Å². The van der Waals surface area contributed by atoms with Crippen LogP contribution in [0.3, 0.4) is 0 Å². The molecule has 34 heavy (non-hydrogen) atoms.